The largest absolute Gasteiger partial charge is 0.296 e. The van der Waals surface area contributed by atoms with Crippen molar-refractivity contribution in [2.45, 2.75) is 26.7 Å². The Morgan fingerprint density at radius 2 is 1.96 bits per heavy atom. The van der Waals surface area contributed by atoms with Gasteiger partial charge in [0.05, 0.1) is 23.1 Å². The van der Waals surface area contributed by atoms with E-state index in [-0.39, 0.29) is 5.91 Å². The van der Waals surface area contributed by atoms with Crippen molar-refractivity contribution in [2.75, 3.05) is 5.32 Å². The Morgan fingerprint density at radius 3 is 2.61 bits per heavy atom. The van der Waals surface area contributed by atoms with Crippen LogP contribution in [0, 0.1) is 6.92 Å². The molecule has 3 aromatic rings. The molecule has 0 aliphatic heterocycles. The molecule has 0 atom stereocenters. The van der Waals surface area contributed by atoms with Crippen LogP contribution in [0.2, 0.25) is 0 Å². The third kappa shape index (κ3) is 3.14. The molecule has 1 N–H and O–H groups in total. The molecule has 1 aromatic carbocycles. The van der Waals surface area contributed by atoms with Gasteiger partial charge in [0.25, 0.3) is 5.91 Å². The van der Waals surface area contributed by atoms with Crippen molar-refractivity contribution < 1.29 is 4.79 Å². The summed E-state index contributed by atoms with van der Waals surface area (Å²) in [5.41, 5.74) is 2.22. The van der Waals surface area contributed by atoms with Gasteiger partial charge in [0.2, 0.25) is 5.13 Å². The quantitative estimate of drug-likeness (QED) is 0.797. The molecule has 23 heavy (non-hydrogen) atoms. The Labute approximate surface area is 138 Å². The van der Waals surface area contributed by atoms with Gasteiger partial charge in [-0.25, -0.2) is 4.68 Å². The van der Waals surface area contributed by atoms with Gasteiger partial charge < -0.3 is 0 Å². The standard InChI is InChI=1S/C16H17N5OS/c1-10(2)15-19-20-16(23-15)18-14(22)13-9-17-21(11(13)3)12-7-5-4-6-8-12/h4-10H,1-3H3,(H,18,20,22). The van der Waals surface area contributed by atoms with Gasteiger partial charge in [-0.05, 0) is 19.1 Å². The van der Waals surface area contributed by atoms with E-state index >= 15 is 0 Å². The van der Waals surface area contributed by atoms with Gasteiger partial charge in [-0.2, -0.15) is 5.10 Å². The van der Waals surface area contributed by atoms with Gasteiger partial charge in [0, 0.05) is 5.92 Å². The first-order valence-corrected chi connectivity index (χ1v) is 8.12. The summed E-state index contributed by atoms with van der Waals surface area (Å²) in [6, 6.07) is 9.70. The number of carbonyl (C=O) groups is 1. The number of anilines is 1. The van der Waals surface area contributed by atoms with Crippen LogP contribution in [-0.4, -0.2) is 25.9 Å². The van der Waals surface area contributed by atoms with E-state index in [1.54, 1.807) is 10.9 Å². The molecule has 0 aliphatic rings. The Hall–Kier alpha value is -2.54. The van der Waals surface area contributed by atoms with Crippen LogP contribution in [0.3, 0.4) is 0 Å². The number of benzene rings is 1. The highest BCUT2D eigenvalue weighted by molar-refractivity contribution is 7.15. The molecule has 0 radical (unpaired) electrons. The van der Waals surface area contributed by atoms with Crippen molar-refractivity contribution in [2.24, 2.45) is 0 Å². The van der Waals surface area contributed by atoms with Crippen molar-refractivity contribution in [1.29, 1.82) is 0 Å². The van der Waals surface area contributed by atoms with Gasteiger partial charge in [-0.3, -0.25) is 10.1 Å². The summed E-state index contributed by atoms with van der Waals surface area (Å²) in [6.07, 6.45) is 1.57. The van der Waals surface area contributed by atoms with Crippen LogP contribution < -0.4 is 5.32 Å². The lowest BCUT2D eigenvalue weighted by Gasteiger charge is -2.05. The molecule has 7 heteroatoms. The molecule has 2 aromatic heterocycles. The van der Waals surface area contributed by atoms with Crippen LogP contribution in [0.25, 0.3) is 5.69 Å². The van der Waals surface area contributed by atoms with E-state index in [9.17, 15) is 4.79 Å². The fraction of sp³-hybridized carbons (Fsp3) is 0.250. The minimum Gasteiger partial charge on any atom is -0.296 e. The minimum absolute atomic E-state index is 0.226. The molecular formula is C16H17N5OS. The first kappa shape index (κ1) is 15.4. The monoisotopic (exact) mass is 327 g/mol. The van der Waals surface area contributed by atoms with Crippen LogP contribution in [0.1, 0.15) is 40.8 Å². The zero-order valence-corrected chi connectivity index (χ0v) is 14.0. The van der Waals surface area contributed by atoms with Gasteiger partial charge in [0.1, 0.15) is 5.01 Å². The van der Waals surface area contributed by atoms with Gasteiger partial charge in [-0.1, -0.05) is 43.4 Å². The fourth-order valence-electron chi connectivity index (χ4n) is 2.14. The van der Waals surface area contributed by atoms with E-state index in [2.05, 4.69) is 20.6 Å². The summed E-state index contributed by atoms with van der Waals surface area (Å²) in [5.74, 6) is 0.0665. The molecule has 118 valence electrons. The molecule has 0 saturated carbocycles. The number of nitrogens with one attached hydrogen (secondary N) is 1. The second-order valence-corrected chi connectivity index (χ2v) is 6.45. The zero-order valence-electron chi connectivity index (χ0n) is 13.1. The Kier molecular flexibility index (Phi) is 4.20. The van der Waals surface area contributed by atoms with Gasteiger partial charge >= 0.3 is 0 Å². The molecule has 0 fully saturated rings. The molecule has 0 bridgehead atoms. The number of carbonyl (C=O) groups excluding carboxylic acids is 1. The molecule has 0 spiro atoms. The fourth-order valence-corrected chi connectivity index (χ4v) is 2.89. The highest BCUT2D eigenvalue weighted by Gasteiger charge is 2.17. The van der Waals surface area contributed by atoms with E-state index in [1.807, 2.05) is 51.1 Å². The number of hydrogen-bond acceptors (Lipinski definition) is 5. The minimum atomic E-state index is -0.226. The van der Waals surface area contributed by atoms with Gasteiger partial charge in [0.15, 0.2) is 0 Å². The normalized spacial score (nSPS) is 11.0. The topological polar surface area (TPSA) is 72.7 Å². The summed E-state index contributed by atoms with van der Waals surface area (Å²) < 4.78 is 1.74. The average Bonchev–Trinajstić information content (AvgIpc) is 3.15. The van der Waals surface area contributed by atoms with E-state index in [0.29, 0.717) is 16.6 Å². The molecule has 0 unspecified atom stereocenters. The molecule has 0 aliphatic carbocycles. The molecule has 6 nitrogen and oxygen atoms in total. The predicted molar refractivity (Wildman–Crippen MR) is 90.3 cm³/mol. The van der Waals surface area contributed by atoms with E-state index in [0.717, 1.165) is 16.4 Å². The predicted octanol–water partition coefficient (Wildman–Crippen LogP) is 3.41. The lowest BCUT2D eigenvalue weighted by Crippen LogP contribution is -2.13. The number of amides is 1. The summed E-state index contributed by atoms with van der Waals surface area (Å²) in [6.45, 7) is 5.95. The van der Waals surface area contributed by atoms with Crippen molar-refractivity contribution in [3.8, 4) is 5.69 Å². The maximum atomic E-state index is 12.4. The highest BCUT2D eigenvalue weighted by atomic mass is 32.1. The van der Waals surface area contributed by atoms with Crippen molar-refractivity contribution in [3.05, 3.63) is 52.8 Å². The van der Waals surface area contributed by atoms with Crippen LogP contribution in [0.5, 0.6) is 0 Å². The molecule has 2 heterocycles. The molecular weight excluding hydrogens is 310 g/mol. The second-order valence-electron chi connectivity index (χ2n) is 5.45. The maximum Gasteiger partial charge on any atom is 0.260 e. The summed E-state index contributed by atoms with van der Waals surface area (Å²) in [4.78, 5) is 12.4. The highest BCUT2D eigenvalue weighted by Crippen LogP contribution is 2.23. The number of nitrogens with zero attached hydrogens (tertiary/aromatic N) is 4. The number of rotatable bonds is 4. The molecule has 1 amide bonds. The van der Waals surface area contributed by atoms with Crippen LogP contribution in [0.4, 0.5) is 5.13 Å². The molecule has 3 rings (SSSR count). The Balaban J connectivity index is 1.81. The van der Waals surface area contributed by atoms with Gasteiger partial charge in [-0.15, -0.1) is 10.2 Å². The van der Waals surface area contributed by atoms with Crippen LogP contribution in [0.15, 0.2) is 36.5 Å². The summed E-state index contributed by atoms with van der Waals surface area (Å²) in [7, 11) is 0. The molecule has 0 saturated heterocycles. The van der Waals surface area contributed by atoms with Crippen molar-refractivity contribution in [3.63, 3.8) is 0 Å². The van der Waals surface area contributed by atoms with Crippen molar-refractivity contribution in [1.82, 2.24) is 20.0 Å². The average molecular weight is 327 g/mol. The first-order chi connectivity index (χ1) is 11.1. The van der Waals surface area contributed by atoms with Crippen LogP contribution >= 0.6 is 11.3 Å². The first-order valence-electron chi connectivity index (χ1n) is 7.31. The number of aromatic nitrogens is 4. The Morgan fingerprint density at radius 1 is 1.22 bits per heavy atom. The van der Waals surface area contributed by atoms with Crippen LogP contribution in [-0.2, 0) is 0 Å². The van der Waals surface area contributed by atoms with E-state index in [4.69, 9.17) is 0 Å². The number of para-hydroxylation sites is 1. The smallest absolute Gasteiger partial charge is 0.260 e. The maximum absolute atomic E-state index is 12.4. The summed E-state index contributed by atoms with van der Waals surface area (Å²) in [5, 5.41) is 16.6. The Bertz CT molecular complexity index is 822. The summed E-state index contributed by atoms with van der Waals surface area (Å²) >= 11 is 1.39. The SMILES string of the molecule is Cc1c(C(=O)Nc2nnc(C(C)C)s2)cnn1-c1ccccc1. The van der Waals surface area contributed by atoms with Crippen molar-refractivity contribution >= 4 is 22.4 Å². The third-order valence-electron chi connectivity index (χ3n) is 3.41. The zero-order chi connectivity index (χ0) is 16.4. The lowest BCUT2D eigenvalue weighted by atomic mass is 10.2. The van der Waals surface area contributed by atoms with E-state index < -0.39 is 0 Å². The number of hydrogen-bond donors (Lipinski definition) is 1. The third-order valence-corrected chi connectivity index (χ3v) is 4.55. The lowest BCUT2D eigenvalue weighted by molar-refractivity contribution is 0.102. The second kappa shape index (κ2) is 6.29. The van der Waals surface area contributed by atoms with E-state index in [1.165, 1.54) is 11.3 Å².